The van der Waals surface area contributed by atoms with E-state index >= 15 is 0 Å². The van der Waals surface area contributed by atoms with Gasteiger partial charge in [-0.15, -0.1) is 0 Å². The van der Waals surface area contributed by atoms with E-state index in [0.29, 0.717) is 19.5 Å². The molecule has 10 heteroatoms. The first kappa shape index (κ1) is 23.9. The van der Waals surface area contributed by atoms with Crippen LogP contribution in [0.4, 0.5) is 0 Å². The summed E-state index contributed by atoms with van der Waals surface area (Å²) in [5, 5.41) is 2.63. The van der Waals surface area contributed by atoms with Gasteiger partial charge in [0.1, 0.15) is 16.3 Å². The zero-order chi connectivity index (χ0) is 20.6. The van der Waals surface area contributed by atoms with Gasteiger partial charge in [-0.05, 0) is 24.6 Å². The van der Waals surface area contributed by atoms with Crippen molar-refractivity contribution < 1.29 is 22.7 Å². The first-order valence-electron chi connectivity index (χ1n) is 8.57. The number of sulfonamides is 1. The van der Waals surface area contributed by atoms with Crippen LogP contribution in [0.15, 0.2) is 23.1 Å². The molecule has 152 valence electrons. The fraction of sp³-hybridized carbons (Fsp3) is 0.529. The number of nitrogens with one attached hydrogen (secondary N) is 1. The predicted molar refractivity (Wildman–Crippen MR) is 108 cm³/mol. The highest BCUT2D eigenvalue weighted by Gasteiger charge is 2.25. The molecule has 0 aliphatic rings. The minimum absolute atomic E-state index is 0.0187. The third-order valence-electron chi connectivity index (χ3n) is 3.76. The fourth-order valence-corrected chi connectivity index (χ4v) is 4.31. The molecule has 0 fully saturated rings. The maximum atomic E-state index is 12.7. The van der Waals surface area contributed by atoms with Crippen LogP contribution in [0, 0.1) is 0 Å². The van der Waals surface area contributed by atoms with Crippen LogP contribution in [-0.4, -0.2) is 55.7 Å². The summed E-state index contributed by atoms with van der Waals surface area (Å²) in [6.07, 6.45) is 0.597. The van der Waals surface area contributed by atoms with E-state index in [4.69, 9.17) is 16.3 Å². The molecule has 0 unspecified atom stereocenters. The van der Waals surface area contributed by atoms with Crippen molar-refractivity contribution in [1.29, 1.82) is 0 Å². The molecule has 0 aromatic heterocycles. The summed E-state index contributed by atoms with van der Waals surface area (Å²) in [7, 11) is -3.79. The summed E-state index contributed by atoms with van der Waals surface area (Å²) in [4.78, 5) is 23.3. The molecule has 0 bridgehead atoms. The summed E-state index contributed by atoms with van der Waals surface area (Å²) in [6, 6.07) is 4.07. The number of benzene rings is 1. The fourth-order valence-electron chi connectivity index (χ4n) is 2.22. The zero-order valence-corrected chi connectivity index (χ0v) is 18.7. The largest absolute Gasteiger partial charge is 0.463 e. The summed E-state index contributed by atoms with van der Waals surface area (Å²) in [6.45, 7) is 6.00. The van der Waals surface area contributed by atoms with E-state index < -0.39 is 21.9 Å². The molecular formula is C17H24BrClN2O5S. The number of amides is 1. The second kappa shape index (κ2) is 11.0. The Kier molecular flexibility index (Phi) is 9.72. The van der Waals surface area contributed by atoms with Crippen molar-refractivity contribution in [3.8, 4) is 0 Å². The van der Waals surface area contributed by atoms with Crippen molar-refractivity contribution >= 4 is 49.4 Å². The molecule has 0 aliphatic carbocycles. The Hall–Kier alpha value is -1.16. The Morgan fingerprint density at radius 3 is 2.44 bits per heavy atom. The van der Waals surface area contributed by atoms with Crippen LogP contribution in [0.25, 0.3) is 0 Å². The highest BCUT2D eigenvalue weighted by Crippen LogP contribution is 2.25. The molecule has 0 radical (unpaired) electrons. The van der Waals surface area contributed by atoms with E-state index in [1.165, 1.54) is 22.5 Å². The molecule has 1 aromatic carbocycles. The second-order valence-corrected chi connectivity index (χ2v) is 8.95. The molecule has 27 heavy (non-hydrogen) atoms. The van der Waals surface area contributed by atoms with E-state index in [1.54, 1.807) is 13.8 Å². The third kappa shape index (κ3) is 6.44. The number of nitrogens with zero attached hydrogens (tertiary/aromatic N) is 1. The monoisotopic (exact) mass is 482 g/mol. The van der Waals surface area contributed by atoms with Crippen LogP contribution >= 0.6 is 27.5 Å². The summed E-state index contributed by atoms with van der Waals surface area (Å²) in [5.41, 5.74) is 0.156. The number of halogens is 2. The van der Waals surface area contributed by atoms with Crippen molar-refractivity contribution in [3.63, 3.8) is 0 Å². The third-order valence-corrected chi connectivity index (χ3v) is 7.32. The first-order valence-corrected chi connectivity index (χ1v) is 11.3. The number of esters is 1. The van der Waals surface area contributed by atoms with Crippen molar-refractivity contribution in [1.82, 2.24) is 9.62 Å². The van der Waals surface area contributed by atoms with E-state index in [-0.39, 0.29) is 33.5 Å². The second-order valence-electron chi connectivity index (χ2n) is 5.53. The topological polar surface area (TPSA) is 92.8 Å². The molecule has 0 saturated carbocycles. The van der Waals surface area contributed by atoms with Crippen LogP contribution in [-0.2, 0) is 19.6 Å². The quantitative estimate of drug-likeness (QED) is 0.314. The van der Waals surface area contributed by atoms with Gasteiger partial charge in [0.05, 0.1) is 11.6 Å². The molecule has 1 amide bonds. The maximum absolute atomic E-state index is 12.7. The standard InChI is InChI=1S/C17H24BrClN2O5S/c1-4-13(18)17(23)26-10-9-20-16(22)12-7-8-14(19)15(11-12)27(24,25)21(5-2)6-3/h7-8,11,13H,4-6,9-10H2,1-3H3,(H,20,22)/t13-/m0/s1. The molecule has 1 N–H and O–H groups in total. The minimum atomic E-state index is -3.79. The average Bonchev–Trinajstić information content (AvgIpc) is 2.64. The molecule has 0 saturated heterocycles. The maximum Gasteiger partial charge on any atom is 0.319 e. The Balaban J connectivity index is 2.81. The molecule has 7 nitrogen and oxygen atoms in total. The number of hydrogen-bond donors (Lipinski definition) is 1. The van der Waals surface area contributed by atoms with Crippen molar-refractivity contribution in [2.24, 2.45) is 0 Å². The molecular weight excluding hydrogens is 460 g/mol. The number of carbonyl (C=O) groups excluding carboxylic acids is 2. The molecule has 0 spiro atoms. The number of alkyl halides is 1. The van der Waals surface area contributed by atoms with Crippen molar-refractivity contribution in [2.75, 3.05) is 26.2 Å². The number of rotatable bonds is 10. The normalized spacial score (nSPS) is 12.7. The SMILES string of the molecule is CC[C@H](Br)C(=O)OCCNC(=O)c1ccc(Cl)c(S(=O)(=O)N(CC)CC)c1. The van der Waals surface area contributed by atoms with Gasteiger partial charge in [-0.1, -0.05) is 48.3 Å². The van der Waals surface area contributed by atoms with Crippen LogP contribution in [0.5, 0.6) is 0 Å². The van der Waals surface area contributed by atoms with Gasteiger partial charge in [0, 0.05) is 18.7 Å². The highest BCUT2D eigenvalue weighted by atomic mass is 79.9. The molecule has 1 atom stereocenters. The lowest BCUT2D eigenvalue weighted by Gasteiger charge is -2.19. The number of ether oxygens (including phenoxy) is 1. The van der Waals surface area contributed by atoms with E-state index in [1.807, 2.05) is 6.92 Å². The zero-order valence-electron chi connectivity index (χ0n) is 15.5. The van der Waals surface area contributed by atoms with Crippen LogP contribution in [0.3, 0.4) is 0 Å². The lowest BCUT2D eigenvalue weighted by atomic mass is 10.2. The summed E-state index contributed by atoms with van der Waals surface area (Å²) >= 11 is 9.23. The summed E-state index contributed by atoms with van der Waals surface area (Å²) < 4.78 is 31.6. The van der Waals surface area contributed by atoms with E-state index in [9.17, 15) is 18.0 Å². The van der Waals surface area contributed by atoms with Gasteiger partial charge in [-0.25, -0.2) is 8.42 Å². The van der Waals surface area contributed by atoms with Gasteiger partial charge in [-0.2, -0.15) is 4.31 Å². The van der Waals surface area contributed by atoms with Crippen LogP contribution < -0.4 is 5.32 Å². The first-order chi connectivity index (χ1) is 12.7. The molecule has 0 heterocycles. The Morgan fingerprint density at radius 1 is 1.26 bits per heavy atom. The highest BCUT2D eigenvalue weighted by molar-refractivity contribution is 9.10. The van der Waals surface area contributed by atoms with Gasteiger partial charge >= 0.3 is 5.97 Å². The van der Waals surface area contributed by atoms with Crippen LogP contribution in [0.2, 0.25) is 5.02 Å². The molecule has 0 aliphatic heterocycles. The minimum Gasteiger partial charge on any atom is -0.463 e. The van der Waals surface area contributed by atoms with Gasteiger partial charge in [0.15, 0.2) is 0 Å². The summed E-state index contributed by atoms with van der Waals surface area (Å²) in [5.74, 6) is -0.879. The van der Waals surface area contributed by atoms with Crippen molar-refractivity contribution in [3.05, 3.63) is 28.8 Å². The Labute approximate surface area is 173 Å². The Morgan fingerprint density at radius 2 is 1.89 bits per heavy atom. The van der Waals surface area contributed by atoms with E-state index in [2.05, 4.69) is 21.2 Å². The van der Waals surface area contributed by atoms with Gasteiger partial charge in [0.25, 0.3) is 5.91 Å². The van der Waals surface area contributed by atoms with Crippen molar-refractivity contribution in [2.45, 2.75) is 36.9 Å². The number of carbonyl (C=O) groups is 2. The van der Waals surface area contributed by atoms with Gasteiger partial charge in [0.2, 0.25) is 10.0 Å². The van der Waals surface area contributed by atoms with Gasteiger partial charge in [-0.3, -0.25) is 9.59 Å². The number of hydrogen-bond acceptors (Lipinski definition) is 5. The average molecular weight is 484 g/mol. The Bertz CT molecular complexity index is 769. The molecule has 1 rings (SSSR count). The predicted octanol–water partition coefficient (Wildman–Crippen LogP) is 2.82. The van der Waals surface area contributed by atoms with Gasteiger partial charge < -0.3 is 10.1 Å². The van der Waals surface area contributed by atoms with E-state index in [0.717, 1.165) is 0 Å². The smallest absolute Gasteiger partial charge is 0.319 e. The van der Waals surface area contributed by atoms with Crippen LogP contribution in [0.1, 0.15) is 37.6 Å². The lowest BCUT2D eigenvalue weighted by Crippen LogP contribution is -2.32. The molecule has 1 aromatic rings. The lowest BCUT2D eigenvalue weighted by molar-refractivity contribution is -0.142.